The van der Waals surface area contributed by atoms with Crippen LogP contribution in [-0.2, 0) is 0 Å². The Morgan fingerprint density at radius 3 is 2.58 bits per heavy atom. The molecule has 9 atom stereocenters. The molecule has 4 aliphatic carbocycles. The quantitative estimate of drug-likeness (QED) is 0.445. The van der Waals surface area contributed by atoms with Crippen LogP contribution in [0.4, 0.5) is 0 Å². The van der Waals surface area contributed by atoms with E-state index in [0.717, 1.165) is 62.2 Å². The van der Waals surface area contributed by atoms with E-state index in [1.165, 1.54) is 32.1 Å². The molecule has 0 amide bonds. The first kappa shape index (κ1) is 23.6. The van der Waals surface area contributed by atoms with Crippen molar-refractivity contribution in [3.63, 3.8) is 0 Å². The summed E-state index contributed by atoms with van der Waals surface area (Å²) in [5.41, 5.74) is 1.16. The predicted molar refractivity (Wildman–Crippen MR) is 130 cm³/mol. The summed E-state index contributed by atoms with van der Waals surface area (Å²) in [6.45, 7) is 15.6. The summed E-state index contributed by atoms with van der Waals surface area (Å²) in [4.78, 5) is 0. The van der Waals surface area contributed by atoms with Gasteiger partial charge in [-0.15, -0.1) is 6.58 Å². The fourth-order valence-corrected chi connectivity index (χ4v) is 8.88. The topological polar surface area (TPSA) is 40.5 Å². The second kappa shape index (κ2) is 8.01. The van der Waals surface area contributed by atoms with Crippen molar-refractivity contribution in [2.24, 2.45) is 40.4 Å². The van der Waals surface area contributed by atoms with E-state index >= 15 is 0 Å². The lowest BCUT2D eigenvalue weighted by Gasteiger charge is -2.59. The fraction of sp³-hybridized carbons (Fsp3) is 0.862. The van der Waals surface area contributed by atoms with E-state index in [9.17, 15) is 10.2 Å². The summed E-state index contributed by atoms with van der Waals surface area (Å²) in [6, 6.07) is 0. The third-order valence-electron chi connectivity index (χ3n) is 11.2. The highest BCUT2D eigenvalue weighted by Gasteiger charge is 2.59. The lowest BCUT2D eigenvalue weighted by Crippen LogP contribution is -2.52. The third kappa shape index (κ3) is 3.88. The number of fused-ring (bicyclic) bond motifs is 5. The molecule has 4 rings (SSSR count). The molecule has 3 saturated carbocycles. The second-order valence-electron chi connectivity index (χ2n) is 12.8. The zero-order valence-electron chi connectivity index (χ0n) is 20.9. The van der Waals surface area contributed by atoms with Crippen molar-refractivity contribution < 1.29 is 10.2 Å². The average molecular weight is 429 g/mol. The predicted octanol–water partition coefficient (Wildman–Crippen LogP) is 7.06. The average Bonchev–Trinajstić information content (AvgIpc) is 3.09. The Bertz CT molecular complexity index is 722. The molecular weight excluding hydrogens is 380 g/mol. The molecule has 176 valence electrons. The van der Waals surface area contributed by atoms with Gasteiger partial charge in [0.05, 0.1) is 11.2 Å². The van der Waals surface area contributed by atoms with Gasteiger partial charge in [0.15, 0.2) is 0 Å². The van der Waals surface area contributed by atoms with Crippen LogP contribution in [0, 0.1) is 40.4 Å². The van der Waals surface area contributed by atoms with Gasteiger partial charge in [0.2, 0.25) is 0 Å². The van der Waals surface area contributed by atoms with Gasteiger partial charge in [0.1, 0.15) is 0 Å². The lowest BCUT2D eigenvalue weighted by atomic mass is 9.46. The molecule has 1 unspecified atom stereocenters. The highest BCUT2D eigenvalue weighted by atomic mass is 16.3. The molecule has 0 bridgehead atoms. The van der Waals surface area contributed by atoms with Crippen LogP contribution >= 0.6 is 0 Å². The van der Waals surface area contributed by atoms with Crippen molar-refractivity contribution in [2.75, 3.05) is 0 Å². The second-order valence-corrected chi connectivity index (χ2v) is 12.8. The molecule has 4 aliphatic rings. The fourth-order valence-electron chi connectivity index (χ4n) is 8.88. The molecule has 0 aromatic carbocycles. The van der Waals surface area contributed by atoms with Crippen LogP contribution in [0.2, 0.25) is 0 Å². The summed E-state index contributed by atoms with van der Waals surface area (Å²) < 4.78 is 0. The molecule has 2 nitrogen and oxygen atoms in total. The van der Waals surface area contributed by atoms with Crippen LogP contribution in [0.3, 0.4) is 0 Å². The van der Waals surface area contributed by atoms with Crippen LogP contribution in [-0.4, -0.2) is 21.4 Å². The van der Waals surface area contributed by atoms with Gasteiger partial charge >= 0.3 is 0 Å². The Morgan fingerprint density at radius 1 is 1.16 bits per heavy atom. The normalized spacial score (nSPS) is 47.4. The van der Waals surface area contributed by atoms with Crippen molar-refractivity contribution in [1.29, 1.82) is 0 Å². The minimum Gasteiger partial charge on any atom is -0.390 e. The van der Waals surface area contributed by atoms with Crippen molar-refractivity contribution in [3.05, 3.63) is 24.3 Å². The number of rotatable bonds is 6. The largest absolute Gasteiger partial charge is 0.390 e. The van der Waals surface area contributed by atoms with Gasteiger partial charge in [-0.25, -0.2) is 0 Å². The summed E-state index contributed by atoms with van der Waals surface area (Å²) >= 11 is 0. The molecule has 0 aromatic heterocycles. The molecule has 3 fully saturated rings. The van der Waals surface area contributed by atoms with Gasteiger partial charge in [-0.3, -0.25) is 0 Å². The Labute approximate surface area is 191 Å². The SMILES string of the molecule is C=CC(O)(CC)CC[C@@H](C)[C@H]1CC[C@H]2[C@@H]3CC=C4C[C@@](C)(O)CC[C@]4(C)[C@H]3CC[C@]12C. The summed E-state index contributed by atoms with van der Waals surface area (Å²) in [5, 5.41) is 21.4. The maximum Gasteiger partial charge on any atom is 0.0822 e. The summed E-state index contributed by atoms with van der Waals surface area (Å²) in [7, 11) is 0. The van der Waals surface area contributed by atoms with Crippen molar-refractivity contribution in [3.8, 4) is 0 Å². The van der Waals surface area contributed by atoms with E-state index in [0.29, 0.717) is 16.7 Å². The lowest BCUT2D eigenvalue weighted by molar-refractivity contribution is -0.0712. The van der Waals surface area contributed by atoms with Gasteiger partial charge in [-0.05, 0) is 118 Å². The van der Waals surface area contributed by atoms with E-state index < -0.39 is 11.2 Å². The van der Waals surface area contributed by atoms with Crippen LogP contribution in [0.1, 0.15) is 105 Å². The zero-order chi connectivity index (χ0) is 22.7. The standard InChI is InChI=1S/C29H48O2/c1-7-29(31,8-2)16-13-20(3)23-11-12-24-22-10-9-21-19-26(4,30)17-18-27(21,5)25(22)14-15-28(23,24)6/h7,9,20,22-25,30-31H,1,8,10-19H2,2-6H3/t20-,22+,23-,24+,25+,26+,27+,28-,29?/m1/s1. The number of aliphatic hydroxyl groups is 2. The van der Waals surface area contributed by atoms with Gasteiger partial charge < -0.3 is 10.2 Å². The first-order valence-electron chi connectivity index (χ1n) is 13.3. The van der Waals surface area contributed by atoms with E-state index in [1.54, 1.807) is 11.6 Å². The van der Waals surface area contributed by atoms with Crippen LogP contribution < -0.4 is 0 Å². The van der Waals surface area contributed by atoms with Crippen LogP contribution in [0.5, 0.6) is 0 Å². The maximum atomic E-state index is 10.7. The molecule has 0 radical (unpaired) electrons. The Morgan fingerprint density at radius 2 is 1.90 bits per heavy atom. The minimum atomic E-state index is -0.688. The maximum absolute atomic E-state index is 10.7. The Balaban J connectivity index is 1.50. The Kier molecular flexibility index (Phi) is 6.09. The minimum absolute atomic E-state index is 0.317. The van der Waals surface area contributed by atoms with Gasteiger partial charge in [0, 0.05) is 0 Å². The molecule has 31 heavy (non-hydrogen) atoms. The first-order valence-corrected chi connectivity index (χ1v) is 13.3. The van der Waals surface area contributed by atoms with E-state index in [4.69, 9.17) is 0 Å². The van der Waals surface area contributed by atoms with Gasteiger partial charge in [0.25, 0.3) is 0 Å². The van der Waals surface area contributed by atoms with E-state index in [-0.39, 0.29) is 0 Å². The molecule has 2 N–H and O–H groups in total. The monoisotopic (exact) mass is 428 g/mol. The van der Waals surface area contributed by atoms with Crippen molar-refractivity contribution in [2.45, 2.75) is 116 Å². The summed E-state index contributed by atoms with van der Waals surface area (Å²) in [5.74, 6) is 3.93. The van der Waals surface area contributed by atoms with Crippen molar-refractivity contribution in [1.82, 2.24) is 0 Å². The molecule has 0 aliphatic heterocycles. The smallest absolute Gasteiger partial charge is 0.0822 e. The molecule has 2 heteroatoms. The van der Waals surface area contributed by atoms with Gasteiger partial charge in [-0.2, -0.15) is 0 Å². The van der Waals surface area contributed by atoms with E-state index in [2.05, 4.69) is 40.3 Å². The molecule has 0 saturated heterocycles. The summed E-state index contributed by atoms with van der Waals surface area (Å²) in [6.07, 6.45) is 16.8. The van der Waals surface area contributed by atoms with Gasteiger partial charge in [-0.1, -0.05) is 45.4 Å². The number of allylic oxidation sites excluding steroid dienone is 1. The molecule has 0 spiro atoms. The molecule has 0 heterocycles. The van der Waals surface area contributed by atoms with Crippen LogP contribution in [0.15, 0.2) is 24.3 Å². The molecular formula is C29H48O2. The third-order valence-corrected chi connectivity index (χ3v) is 11.2. The zero-order valence-corrected chi connectivity index (χ0v) is 20.9. The Hall–Kier alpha value is -0.600. The highest BCUT2D eigenvalue weighted by molar-refractivity contribution is 5.26. The highest BCUT2D eigenvalue weighted by Crippen LogP contribution is 2.67. The van der Waals surface area contributed by atoms with Crippen molar-refractivity contribution >= 4 is 0 Å². The van der Waals surface area contributed by atoms with E-state index in [1.807, 2.05) is 6.92 Å². The van der Waals surface area contributed by atoms with Crippen LogP contribution in [0.25, 0.3) is 0 Å². The number of hydrogen-bond donors (Lipinski definition) is 2. The first-order chi connectivity index (χ1) is 14.5. The molecule has 0 aromatic rings. The number of hydrogen-bond acceptors (Lipinski definition) is 2.